The molecule has 0 saturated heterocycles. The van der Waals surface area contributed by atoms with Gasteiger partial charge in [-0.1, -0.05) is 11.0 Å². The first-order valence-electron chi connectivity index (χ1n) is 2.55. The molecule has 0 amide bonds. The molecule has 1 rings (SSSR count). The van der Waals surface area contributed by atoms with Crippen molar-refractivity contribution in [1.29, 1.82) is 0 Å². The largest absolute Gasteiger partial charge is 0.297 e. The predicted molar refractivity (Wildman–Crippen MR) is 27.2 cm³/mol. The fourth-order valence-electron chi connectivity index (χ4n) is 0.659. The van der Waals surface area contributed by atoms with Crippen molar-refractivity contribution in [3.05, 3.63) is 0 Å². The molecule has 47 valence electrons. The molecule has 1 saturated carbocycles. The van der Waals surface area contributed by atoms with E-state index in [4.69, 9.17) is 0 Å². The van der Waals surface area contributed by atoms with Gasteiger partial charge < -0.3 is 0 Å². The van der Waals surface area contributed by atoms with Gasteiger partial charge in [-0.05, 0) is 12.8 Å². The molecular weight excluding hydrogens is 128 g/mol. The van der Waals surface area contributed by atoms with E-state index >= 15 is 0 Å². The van der Waals surface area contributed by atoms with Crippen LogP contribution in [0.2, 0.25) is 0 Å². The highest BCUT2D eigenvalue weighted by Gasteiger charge is 2.30. The molecular formula is C4H7O3S. The maximum absolute atomic E-state index is 10.1. The van der Waals surface area contributed by atoms with Crippen LogP contribution < -0.4 is 0 Å². The third-order valence-corrected chi connectivity index (χ3v) is 2.75. The Balaban J connectivity index is 2.60. The average molecular weight is 135 g/mol. The molecule has 8 heavy (non-hydrogen) atoms. The van der Waals surface area contributed by atoms with Gasteiger partial charge in [-0.15, -0.1) is 0 Å². The fourth-order valence-corrected chi connectivity index (χ4v) is 1.57. The molecule has 4 heteroatoms. The van der Waals surface area contributed by atoms with Gasteiger partial charge in [-0.3, -0.25) is 0 Å². The van der Waals surface area contributed by atoms with Gasteiger partial charge in [0.1, 0.15) is 0 Å². The molecule has 0 aromatic rings. The Morgan fingerprint density at radius 1 is 1.25 bits per heavy atom. The standard InChI is InChI=1S/C4H7O3S/c5-8(6,7)4-2-1-3-4/h4H,1-3H2. The van der Waals surface area contributed by atoms with Gasteiger partial charge in [0.2, 0.25) is 0 Å². The molecule has 0 bridgehead atoms. The van der Waals surface area contributed by atoms with Gasteiger partial charge in [0, 0.05) is 0 Å². The minimum Gasteiger partial charge on any atom is -0.197 e. The van der Waals surface area contributed by atoms with Crippen LogP contribution in [0.4, 0.5) is 0 Å². The molecule has 1 aliphatic rings. The third kappa shape index (κ3) is 1.00. The lowest BCUT2D eigenvalue weighted by molar-refractivity contribution is 0.369. The highest BCUT2D eigenvalue weighted by Crippen LogP contribution is 2.24. The van der Waals surface area contributed by atoms with E-state index in [1.807, 2.05) is 0 Å². The maximum Gasteiger partial charge on any atom is 0.297 e. The van der Waals surface area contributed by atoms with E-state index in [9.17, 15) is 13.0 Å². The van der Waals surface area contributed by atoms with E-state index in [1.54, 1.807) is 0 Å². The number of rotatable bonds is 1. The lowest BCUT2D eigenvalue weighted by Gasteiger charge is -2.19. The summed E-state index contributed by atoms with van der Waals surface area (Å²) in [5, 5.41) is -0.553. The van der Waals surface area contributed by atoms with Gasteiger partial charge in [0.05, 0.1) is 5.25 Å². The topological polar surface area (TPSA) is 54.0 Å². The maximum atomic E-state index is 10.1. The van der Waals surface area contributed by atoms with Gasteiger partial charge in [-0.2, -0.15) is 8.42 Å². The highest BCUT2D eigenvalue weighted by molar-refractivity contribution is 7.86. The SMILES string of the molecule is [O]S(=O)(=O)C1CCC1. The Hall–Kier alpha value is -0.0900. The summed E-state index contributed by atoms with van der Waals surface area (Å²) < 4.78 is 30.2. The minimum absolute atomic E-state index is 0.553. The van der Waals surface area contributed by atoms with Crippen molar-refractivity contribution in [3.63, 3.8) is 0 Å². The van der Waals surface area contributed by atoms with Gasteiger partial charge >= 0.3 is 0 Å². The summed E-state index contributed by atoms with van der Waals surface area (Å²) in [6.45, 7) is 0. The zero-order chi connectivity index (χ0) is 6.20. The Bertz CT molecular complexity index is 166. The quantitative estimate of drug-likeness (QED) is 0.519. The molecule has 0 atom stereocenters. The van der Waals surface area contributed by atoms with Crippen molar-refractivity contribution in [2.45, 2.75) is 24.5 Å². The monoisotopic (exact) mass is 135 g/mol. The van der Waals surface area contributed by atoms with Crippen LogP contribution in [0.15, 0.2) is 0 Å². The second-order valence-electron chi connectivity index (χ2n) is 2.05. The van der Waals surface area contributed by atoms with E-state index in [1.165, 1.54) is 0 Å². The summed E-state index contributed by atoms with van der Waals surface area (Å²) in [6.07, 6.45) is 2.05. The molecule has 0 unspecified atom stereocenters. The van der Waals surface area contributed by atoms with Crippen molar-refractivity contribution in [1.82, 2.24) is 0 Å². The first kappa shape index (κ1) is 6.04. The zero-order valence-electron chi connectivity index (χ0n) is 4.33. The van der Waals surface area contributed by atoms with Gasteiger partial charge in [-0.25, -0.2) is 0 Å². The lowest BCUT2D eigenvalue weighted by Crippen LogP contribution is -2.26. The third-order valence-electron chi connectivity index (χ3n) is 1.46. The van der Waals surface area contributed by atoms with Crippen molar-refractivity contribution in [2.75, 3.05) is 0 Å². The van der Waals surface area contributed by atoms with Gasteiger partial charge in [0.25, 0.3) is 10.1 Å². The lowest BCUT2D eigenvalue weighted by atomic mass is 10.0. The van der Waals surface area contributed by atoms with Crippen LogP contribution in [0.25, 0.3) is 0 Å². The summed E-state index contributed by atoms with van der Waals surface area (Å²) in [7, 11) is -3.92. The Kier molecular flexibility index (Phi) is 1.28. The Morgan fingerprint density at radius 2 is 1.75 bits per heavy atom. The molecule has 1 aliphatic carbocycles. The van der Waals surface area contributed by atoms with Crippen molar-refractivity contribution in [2.24, 2.45) is 0 Å². The van der Waals surface area contributed by atoms with Gasteiger partial charge in [0.15, 0.2) is 0 Å². The zero-order valence-corrected chi connectivity index (χ0v) is 5.15. The second-order valence-corrected chi connectivity index (χ2v) is 3.70. The summed E-state index contributed by atoms with van der Waals surface area (Å²) in [6, 6.07) is 0. The first-order chi connectivity index (χ1) is 3.61. The smallest absolute Gasteiger partial charge is 0.197 e. The molecule has 1 fully saturated rings. The molecule has 0 aliphatic heterocycles. The van der Waals surface area contributed by atoms with Crippen LogP contribution in [0.1, 0.15) is 19.3 Å². The summed E-state index contributed by atoms with van der Waals surface area (Å²) in [5.41, 5.74) is 0. The molecule has 0 heterocycles. The minimum atomic E-state index is -3.92. The van der Waals surface area contributed by atoms with Crippen LogP contribution in [0.3, 0.4) is 0 Å². The molecule has 1 radical (unpaired) electrons. The van der Waals surface area contributed by atoms with Crippen LogP contribution in [0, 0.1) is 0 Å². The van der Waals surface area contributed by atoms with E-state index in [2.05, 4.69) is 0 Å². The van der Waals surface area contributed by atoms with E-state index in [-0.39, 0.29) is 0 Å². The highest BCUT2D eigenvalue weighted by atomic mass is 32.2. The molecule has 3 nitrogen and oxygen atoms in total. The van der Waals surface area contributed by atoms with Crippen molar-refractivity contribution >= 4 is 10.1 Å². The van der Waals surface area contributed by atoms with E-state index in [0.717, 1.165) is 6.42 Å². The van der Waals surface area contributed by atoms with E-state index < -0.39 is 15.4 Å². The number of hydrogen-bond acceptors (Lipinski definition) is 2. The van der Waals surface area contributed by atoms with Crippen molar-refractivity contribution < 1.29 is 13.0 Å². The van der Waals surface area contributed by atoms with Crippen LogP contribution in [-0.4, -0.2) is 13.7 Å². The summed E-state index contributed by atoms with van der Waals surface area (Å²) >= 11 is 0. The Labute approximate surface area is 48.5 Å². The second kappa shape index (κ2) is 1.70. The van der Waals surface area contributed by atoms with Crippen LogP contribution in [0.5, 0.6) is 0 Å². The summed E-state index contributed by atoms with van der Waals surface area (Å²) in [5.74, 6) is 0. The Morgan fingerprint density at radius 3 is 1.75 bits per heavy atom. The average Bonchev–Trinajstić information content (AvgIpc) is 1.16. The van der Waals surface area contributed by atoms with Crippen molar-refractivity contribution in [3.8, 4) is 0 Å². The van der Waals surface area contributed by atoms with E-state index in [0.29, 0.717) is 12.8 Å². The number of hydrogen-bond donors (Lipinski definition) is 0. The molecule has 0 aromatic heterocycles. The molecule has 0 aromatic carbocycles. The van der Waals surface area contributed by atoms with Crippen LogP contribution >= 0.6 is 0 Å². The normalized spacial score (nSPS) is 22.6. The molecule has 0 spiro atoms. The van der Waals surface area contributed by atoms with Crippen LogP contribution in [-0.2, 0) is 14.7 Å². The fraction of sp³-hybridized carbons (Fsp3) is 1.00. The summed E-state index contributed by atoms with van der Waals surface area (Å²) in [4.78, 5) is 0. The molecule has 0 N–H and O–H groups in total. The first-order valence-corrected chi connectivity index (χ1v) is 4.02. The predicted octanol–water partition coefficient (Wildman–Crippen LogP) is 0.299.